The number of hydrogen-bond donors (Lipinski definition) is 0. The van der Waals surface area contributed by atoms with Crippen molar-refractivity contribution in [1.82, 2.24) is 4.90 Å². The van der Waals surface area contributed by atoms with Gasteiger partial charge in [0.1, 0.15) is 6.04 Å². The third-order valence-corrected chi connectivity index (χ3v) is 5.36. The van der Waals surface area contributed by atoms with E-state index in [2.05, 4.69) is 0 Å². The number of carbonyl (C=O) groups excluding carboxylic acids is 3. The third-order valence-electron chi connectivity index (χ3n) is 5.13. The van der Waals surface area contributed by atoms with Crippen LogP contribution in [0.5, 0.6) is 0 Å². The average Bonchev–Trinajstić information content (AvgIpc) is 2.78. The maximum atomic E-state index is 13.7. The lowest BCUT2D eigenvalue weighted by Crippen LogP contribution is -2.55. The van der Waals surface area contributed by atoms with E-state index in [0.29, 0.717) is 22.8 Å². The minimum atomic E-state index is -0.897. The van der Waals surface area contributed by atoms with Crippen molar-refractivity contribution in [1.29, 1.82) is 0 Å². The normalized spacial score (nSPS) is 18.4. The van der Waals surface area contributed by atoms with Gasteiger partial charge in [-0.2, -0.15) is 0 Å². The number of rotatable bonds is 4. The van der Waals surface area contributed by atoms with E-state index >= 15 is 0 Å². The Hall–Kier alpha value is -3.06. The fourth-order valence-electron chi connectivity index (χ4n) is 3.63. The molecule has 2 aromatic carbocycles. The number of anilines is 2. The number of hydrogen-bond acceptors (Lipinski definition) is 5. The van der Waals surface area contributed by atoms with Gasteiger partial charge in [0.15, 0.2) is 0 Å². The zero-order valence-corrected chi connectivity index (χ0v) is 17.5. The van der Waals surface area contributed by atoms with E-state index in [-0.39, 0.29) is 13.0 Å². The Labute approximate surface area is 180 Å². The Balaban J connectivity index is 1.98. The first-order chi connectivity index (χ1) is 14.5. The van der Waals surface area contributed by atoms with Crippen molar-refractivity contribution in [2.45, 2.75) is 18.9 Å². The van der Waals surface area contributed by atoms with E-state index in [4.69, 9.17) is 21.1 Å². The smallest absolute Gasteiger partial charge is 0.329 e. The number of piperidine rings is 1. The predicted octanol–water partition coefficient (Wildman–Crippen LogP) is 4.02. The molecule has 0 aromatic heterocycles. The minimum absolute atomic E-state index is 0.142. The summed E-state index contributed by atoms with van der Waals surface area (Å²) in [7, 11) is 2.57. The van der Waals surface area contributed by atoms with Crippen LogP contribution in [-0.2, 0) is 19.1 Å². The molecule has 8 heteroatoms. The van der Waals surface area contributed by atoms with Gasteiger partial charge in [-0.05, 0) is 43.2 Å². The van der Waals surface area contributed by atoms with Crippen molar-refractivity contribution < 1.29 is 23.9 Å². The van der Waals surface area contributed by atoms with E-state index in [1.807, 2.05) is 18.2 Å². The van der Waals surface area contributed by atoms with E-state index < -0.39 is 29.9 Å². The summed E-state index contributed by atoms with van der Waals surface area (Å²) in [5.41, 5.74) is 1.20. The van der Waals surface area contributed by atoms with E-state index in [9.17, 15) is 14.4 Å². The van der Waals surface area contributed by atoms with Crippen LogP contribution in [0, 0.1) is 5.92 Å². The van der Waals surface area contributed by atoms with Gasteiger partial charge in [0, 0.05) is 11.6 Å². The van der Waals surface area contributed by atoms with Crippen molar-refractivity contribution in [3.05, 3.63) is 59.6 Å². The van der Waals surface area contributed by atoms with Crippen molar-refractivity contribution in [2.24, 2.45) is 5.92 Å². The second-order valence-corrected chi connectivity index (χ2v) is 7.35. The molecule has 0 N–H and O–H groups in total. The van der Waals surface area contributed by atoms with Crippen molar-refractivity contribution in [3.63, 3.8) is 0 Å². The third kappa shape index (κ3) is 4.57. The summed E-state index contributed by atoms with van der Waals surface area (Å²) < 4.78 is 9.74. The molecular formula is C22H23ClN2O5. The predicted molar refractivity (Wildman–Crippen MR) is 113 cm³/mol. The molecule has 7 nitrogen and oxygen atoms in total. The van der Waals surface area contributed by atoms with E-state index in [1.165, 1.54) is 24.0 Å². The van der Waals surface area contributed by atoms with Gasteiger partial charge in [-0.15, -0.1) is 0 Å². The van der Waals surface area contributed by atoms with Gasteiger partial charge in [-0.3, -0.25) is 9.69 Å². The van der Waals surface area contributed by atoms with Crippen LogP contribution in [0.1, 0.15) is 12.8 Å². The molecule has 1 aliphatic heterocycles. The molecule has 2 amide bonds. The van der Waals surface area contributed by atoms with Gasteiger partial charge in [0.2, 0.25) is 0 Å². The van der Waals surface area contributed by atoms with Crippen LogP contribution in [0.2, 0.25) is 5.02 Å². The molecule has 158 valence electrons. The Morgan fingerprint density at radius 2 is 1.63 bits per heavy atom. The number of carbonyl (C=O) groups is 3. The Kier molecular flexibility index (Phi) is 6.95. The van der Waals surface area contributed by atoms with Gasteiger partial charge >= 0.3 is 18.0 Å². The number of methoxy groups -OCH3 is 2. The molecule has 1 aliphatic rings. The van der Waals surface area contributed by atoms with Gasteiger partial charge < -0.3 is 14.4 Å². The van der Waals surface area contributed by atoms with Gasteiger partial charge in [-0.1, -0.05) is 35.9 Å². The highest BCUT2D eigenvalue weighted by Gasteiger charge is 2.41. The van der Waals surface area contributed by atoms with Crippen LogP contribution < -0.4 is 4.90 Å². The largest absolute Gasteiger partial charge is 0.469 e. The fraction of sp³-hybridized carbons (Fsp3) is 0.318. The monoisotopic (exact) mass is 430 g/mol. The summed E-state index contributed by atoms with van der Waals surface area (Å²) in [6.07, 6.45) is 0.535. The topological polar surface area (TPSA) is 76.2 Å². The SMILES string of the molecule is COC(=O)C1CCN(C(=O)N(c2ccccc2)c2cccc(Cl)c2)C(C(=O)OC)C1. The number of amides is 2. The number of halogens is 1. The molecular weight excluding hydrogens is 408 g/mol. The molecule has 1 heterocycles. The summed E-state index contributed by atoms with van der Waals surface area (Å²) >= 11 is 6.16. The summed E-state index contributed by atoms with van der Waals surface area (Å²) in [5.74, 6) is -1.44. The average molecular weight is 431 g/mol. The molecule has 0 bridgehead atoms. The first-order valence-electron chi connectivity index (χ1n) is 9.53. The summed E-state index contributed by atoms with van der Waals surface area (Å²) in [4.78, 5) is 41.1. The Bertz CT molecular complexity index is 921. The van der Waals surface area contributed by atoms with Crippen LogP contribution >= 0.6 is 11.6 Å². The lowest BCUT2D eigenvalue weighted by atomic mass is 9.91. The second kappa shape index (κ2) is 9.63. The van der Waals surface area contributed by atoms with Crippen molar-refractivity contribution in [2.75, 3.05) is 25.7 Å². The van der Waals surface area contributed by atoms with Crippen molar-refractivity contribution >= 4 is 40.9 Å². The van der Waals surface area contributed by atoms with Gasteiger partial charge in [0.25, 0.3) is 0 Å². The second-order valence-electron chi connectivity index (χ2n) is 6.91. The zero-order chi connectivity index (χ0) is 21.7. The molecule has 3 rings (SSSR count). The summed E-state index contributed by atoms with van der Waals surface area (Å²) in [6, 6.07) is 14.7. The van der Waals surface area contributed by atoms with E-state index in [1.54, 1.807) is 36.4 Å². The highest BCUT2D eigenvalue weighted by atomic mass is 35.5. The molecule has 2 atom stereocenters. The molecule has 30 heavy (non-hydrogen) atoms. The highest BCUT2D eigenvalue weighted by molar-refractivity contribution is 6.31. The molecule has 2 unspecified atom stereocenters. The number of benzene rings is 2. The number of para-hydroxylation sites is 1. The number of nitrogens with zero attached hydrogens (tertiary/aromatic N) is 2. The first-order valence-corrected chi connectivity index (χ1v) is 9.91. The number of urea groups is 1. The molecule has 0 spiro atoms. The molecule has 0 aliphatic carbocycles. The van der Waals surface area contributed by atoms with Crippen LogP contribution in [0.25, 0.3) is 0 Å². The maximum Gasteiger partial charge on any atom is 0.329 e. The first kappa shape index (κ1) is 21.6. The molecule has 0 radical (unpaired) electrons. The van der Waals surface area contributed by atoms with Crippen molar-refractivity contribution in [3.8, 4) is 0 Å². The standard InChI is InChI=1S/C22H23ClN2O5/c1-29-20(26)15-11-12-24(19(13-15)21(27)30-2)22(28)25(17-8-4-3-5-9-17)18-10-6-7-16(23)14-18/h3-10,14-15,19H,11-13H2,1-2H3. The zero-order valence-electron chi connectivity index (χ0n) is 16.8. The van der Waals surface area contributed by atoms with Gasteiger partial charge in [-0.25, -0.2) is 9.59 Å². The lowest BCUT2D eigenvalue weighted by Gasteiger charge is -2.39. The maximum absolute atomic E-state index is 13.7. The Morgan fingerprint density at radius 1 is 0.967 bits per heavy atom. The summed E-state index contributed by atoms with van der Waals surface area (Å²) in [6.45, 7) is 0.211. The number of ether oxygens (including phenoxy) is 2. The van der Waals surface area contributed by atoms with Gasteiger partial charge in [0.05, 0.1) is 31.5 Å². The molecule has 0 saturated carbocycles. The fourth-order valence-corrected chi connectivity index (χ4v) is 3.81. The molecule has 2 aromatic rings. The molecule has 1 fully saturated rings. The number of likely N-dealkylation sites (tertiary alicyclic amines) is 1. The van der Waals surface area contributed by atoms with E-state index in [0.717, 1.165) is 0 Å². The van der Waals surface area contributed by atoms with Crippen LogP contribution in [0.3, 0.4) is 0 Å². The molecule has 1 saturated heterocycles. The van der Waals surface area contributed by atoms with Crippen LogP contribution in [-0.4, -0.2) is 49.7 Å². The minimum Gasteiger partial charge on any atom is -0.469 e. The van der Waals surface area contributed by atoms with Crippen LogP contribution in [0.4, 0.5) is 16.2 Å². The Morgan fingerprint density at radius 3 is 2.27 bits per heavy atom. The quantitative estimate of drug-likeness (QED) is 0.684. The highest BCUT2D eigenvalue weighted by Crippen LogP contribution is 2.32. The number of esters is 2. The lowest BCUT2D eigenvalue weighted by molar-refractivity contribution is -0.152. The summed E-state index contributed by atoms with van der Waals surface area (Å²) in [5, 5.41) is 0.482. The van der Waals surface area contributed by atoms with Crippen LogP contribution in [0.15, 0.2) is 54.6 Å².